The van der Waals surface area contributed by atoms with E-state index in [1.807, 2.05) is 7.05 Å². The van der Waals surface area contributed by atoms with E-state index in [2.05, 4.69) is 11.0 Å². The van der Waals surface area contributed by atoms with Crippen LogP contribution >= 0.6 is 6.42 Å². The van der Waals surface area contributed by atoms with Crippen molar-refractivity contribution in [2.24, 2.45) is 0 Å². The molecular formula is C6H10NOPS. The molecule has 1 aliphatic heterocycles. The van der Waals surface area contributed by atoms with E-state index in [4.69, 9.17) is 22.8 Å². The Morgan fingerprint density at radius 2 is 2.60 bits per heavy atom. The molecule has 0 aromatic heterocycles. The highest BCUT2D eigenvalue weighted by atomic mass is 32.4. The zero-order chi connectivity index (χ0) is 7.61. The fourth-order valence-electron chi connectivity index (χ4n) is 0.876. The average Bonchev–Trinajstić information content (AvgIpc) is 2.33. The number of hydrogen-bond acceptors (Lipinski definition) is 2. The van der Waals surface area contributed by atoms with Gasteiger partial charge in [0.2, 0.25) is 0 Å². The molecule has 1 fully saturated rings. The summed E-state index contributed by atoms with van der Waals surface area (Å²) in [5.41, 5.74) is 0. The van der Waals surface area contributed by atoms with Crippen molar-refractivity contribution in [1.82, 2.24) is 5.09 Å². The van der Waals surface area contributed by atoms with E-state index < -0.39 is 6.42 Å². The maximum atomic E-state index is 5.43. The van der Waals surface area contributed by atoms with Crippen LogP contribution in [0.25, 0.3) is 0 Å². The summed E-state index contributed by atoms with van der Waals surface area (Å²) >= 11 is 5.19. The average molecular weight is 175 g/mol. The van der Waals surface area contributed by atoms with Crippen LogP contribution in [0.5, 0.6) is 0 Å². The molecule has 0 bridgehead atoms. The summed E-state index contributed by atoms with van der Waals surface area (Å²) in [6, 6.07) is 0. The highest BCUT2D eigenvalue weighted by molar-refractivity contribution is 8.11. The summed E-state index contributed by atoms with van der Waals surface area (Å²) < 4.78 is 5.43. The number of nitrogens with one attached hydrogen (secondary N) is 1. The third kappa shape index (κ3) is 1.59. The Morgan fingerprint density at radius 3 is 2.90 bits per heavy atom. The number of rotatable bonds is 1. The van der Waals surface area contributed by atoms with Crippen LogP contribution < -0.4 is 5.09 Å². The van der Waals surface area contributed by atoms with Gasteiger partial charge < -0.3 is 4.52 Å². The maximum absolute atomic E-state index is 5.43. The molecule has 4 heteroatoms. The van der Waals surface area contributed by atoms with E-state index in [1.165, 1.54) is 0 Å². The molecule has 2 atom stereocenters. The smallest absolute Gasteiger partial charge is 0.130 e. The molecule has 0 radical (unpaired) electrons. The second-order valence-corrected chi connectivity index (χ2v) is 6.39. The lowest BCUT2D eigenvalue weighted by atomic mass is 10.3. The fourth-order valence-corrected chi connectivity index (χ4v) is 3.09. The van der Waals surface area contributed by atoms with Crippen LogP contribution in [0.15, 0.2) is 0 Å². The highest BCUT2D eigenvalue weighted by Crippen LogP contribution is 2.49. The maximum Gasteiger partial charge on any atom is 0.130 e. The number of terminal acetylenes is 1. The van der Waals surface area contributed by atoms with Crippen LogP contribution in [0.2, 0.25) is 0 Å². The summed E-state index contributed by atoms with van der Waals surface area (Å²) in [6.45, 7) is 0. The molecule has 1 rings (SSSR count). The van der Waals surface area contributed by atoms with E-state index in [0.29, 0.717) is 0 Å². The lowest BCUT2D eigenvalue weighted by molar-refractivity contribution is 0.312. The van der Waals surface area contributed by atoms with Crippen LogP contribution in [0.3, 0.4) is 0 Å². The molecule has 0 aromatic rings. The molecule has 1 N–H and O–H groups in total. The summed E-state index contributed by atoms with van der Waals surface area (Å²) in [4.78, 5) is 0. The van der Waals surface area contributed by atoms with Crippen molar-refractivity contribution in [3.05, 3.63) is 0 Å². The summed E-state index contributed by atoms with van der Waals surface area (Å²) in [6.07, 6.45) is 5.29. The van der Waals surface area contributed by atoms with Crippen molar-refractivity contribution >= 4 is 18.2 Å². The molecule has 1 aliphatic rings. The Labute approximate surface area is 66.5 Å². The van der Waals surface area contributed by atoms with Crippen molar-refractivity contribution in [1.29, 1.82) is 0 Å². The van der Waals surface area contributed by atoms with E-state index in [0.717, 1.165) is 12.6 Å². The summed E-state index contributed by atoms with van der Waals surface area (Å²) in [7, 11) is 1.83. The zero-order valence-corrected chi connectivity index (χ0v) is 7.54. The van der Waals surface area contributed by atoms with Gasteiger partial charge in [0.25, 0.3) is 0 Å². The van der Waals surface area contributed by atoms with Gasteiger partial charge in [0.15, 0.2) is 0 Å². The molecule has 2 nitrogen and oxygen atoms in total. The van der Waals surface area contributed by atoms with Gasteiger partial charge in [-0.15, -0.1) is 6.42 Å². The van der Waals surface area contributed by atoms with Crippen LogP contribution in [0.4, 0.5) is 0 Å². The topological polar surface area (TPSA) is 21.3 Å². The molecule has 0 aromatic carbocycles. The van der Waals surface area contributed by atoms with E-state index in [9.17, 15) is 0 Å². The molecule has 0 spiro atoms. The molecule has 0 saturated carbocycles. The first-order valence-electron chi connectivity index (χ1n) is 3.13. The lowest BCUT2D eigenvalue weighted by Gasteiger charge is -2.12. The molecule has 0 amide bonds. The Hall–Kier alpha value is 0.130. The molecule has 1 saturated heterocycles. The van der Waals surface area contributed by atoms with Crippen molar-refractivity contribution < 1.29 is 4.52 Å². The van der Waals surface area contributed by atoms with Crippen LogP contribution in [-0.4, -0.2) is 19.3 Å². The summed E-state index contributed by atoms with van der Waals surface area (Å²) in [5, 5.41) is 3.01. The molecule has 56 valence electrons. The van der Waals surface area contributed by atoms with Gasteiger partial charge in [0.1, 0.15) is 12.5 Å². The van der Waals surface area contributed by atoms with Crippen LogP contribution in [-0.2, 0) is 16.3 Å². The van der Waals surface area contributed by atoms with Crippen molar-refractivity contribution in [2.45, 2.75) is 12.5 Å². The Morgan fingerprint density at radius 1 is 1.90 bits per heavy atom. The zero-order valence-electron chi connectivity index (χ0n) is 5.83. The van der Waals surface area contributed by atoms with E-state index >= 15 is 0 Å². The third-order valence-electron chi connectivity index (χ3n) is 1.51. The van der Waals surface area contributed by atoms with E-state index in [1.54, 1.807) is 0 Å². The largest absolute Gasteiger partial charge is 0.322 e. The van der Waals surface area contributed by atoms with Gasteiger partial charge in [0, 0.05) is 6.16 Å². The monoisotopic (exact) mass is 175 g/mol. The fraction of sp³-hybridized carbons (Fsp3) is 0.667. The van der Waals surface area contributed by atoms with Crippen LogP contribution in [0.1, 0.15) is 6.42 Å². The molecule has 2 unspecified atom stereocenters. The van der Waals surface area contributed by atoms with Crippen molar-refractivity contribution in [2.75, 3.05) is 13.2 Å². The molecule has 1 heterocycles. The third-order valence-corrected chi connectivity index (χ3v) is 4.99. The summed E-state index contributed by atoms with van der Waals surface area (Å²) in [5.74, 6) is 2.55. The first kappa shape index (κ1) is 8.23. The second kappa shape index (κ2) is 3.02. The highest BCUT2D eigenvalue weighted by Gasteiger charge is 2.28. The predicted octanol–water partition coefficient (Wildman–Crippen LogP) is 0.937. The standard InChI is InChI=1S/C6H10NOPS/c1-3-6-4-5-9(10,7-2)8-6/h1,6H,4-5H2,2H3,(H,7,10). The lowest BCUT2D eigenvalue weighted by Crippen LogP contribution is -2.04. The minimum atomic E-state index is -1.68. The van der Waals surface area contributed by atoms with E-state index in [-0.39, 0.29) is 6.10 Å². The van der Waals surface area contributed by atoms with Gasteiger partial charge >= 0.3 is 0 Å². The Bertz CT molecular complexity index is 210. The van der Waals surface area contributed by atoms with Gasteiger partial charge in [-0.2, -0.15) is 0 Å². The van der Waals surface area contributed by atoms with Gasteiger partial charge in [0.05, 0.1) is 0 Å². The van der Waals surface area contributed by atoms with Gasteiger partial charge in [-0.05, 0) is 13.5 Å². The van der Waals surface area contributed by atoms with Crippen molar-refractivity contribution in [3.8, 4) is 12.3 Å². The predicted molar refractivity (Wildman–Crippen MR) is 46.5 cm³/mol. The molecular weight excluding hydrogens is 165 g/mol. The van der Waals surface area contributed by atoms with Gasteiger partial charge in [-0.25, -0.2) is 0 Å². The SMILES string of the molecule is C#CC1CCP(=S)(NC)O1. The Balaban J connectivity index is 2.60. The normalized spacial score (nSPS) is 39.4. The minimum absolute atomic E-state index is 0.0433. The molecule has 10 heavy (non-hydrogen) atoms. The Kier molecular flexibility index (Phi) is 2.49. The first-order valence-corrected chi connectivity index (χ1v) is 6.03. The number of hydrogen-bond donors (Lipinski definition) is 1. The van der Waals surface area contributed by atoms with Gasteiger partial charge in [-0.1, -0.05) is 17.7 Å². The minimum Gasteiger partial charge on any atom is -0.322 e. The molecule has 0 aliphatic carbocycles. The first-order chi connectivity index (χ1) is 4.70. The quantitative estimate of drug-likeness (QED) is 0.473. The van der Waals surface area contributed by atoms with Crippen molar-refractivity contribution in [3.63, 3.8) is 0 Å². The second-order valence-electron chi connectivity index (χ2n) is 2.17. The van der Waals surface area contributed by atoms with Gasteiger partial charge in [-0.3, -0.25) is 5.09 Å². The van der Waals surface area contributed by atoms with Crippen LogP contribution in [0, 0.1) is 12.3 Å².